The van der Waals surface area contributed by atoms with Gasteiger partial charge in [0.1, 0.15) is 6.04 Å². The van der Waals surface area contributed by atoms with E-state index >= 15 is 0 Å². The summed E-state index contributed by atoms with van der Waals surface area (Å²) < 4.78 is -1.17. The van der Waals surface area contributed by atoms with Crippen molar-refractivity contribution in [1.82, 2.24) is 10.2 Å². The average Bonchev–Trinajstić information content (AvgIpc) is 3.52. The van der Waals surface area contributed by atoms with Crippen LogP contribution in [0.5, 0.6) is 0 Å². The number of fused-ring (bicyclic) bond motifs is 1. The molecule has 6 atom stereocenters. The van der Waals surface area contributed by atoms with Crippen molar-refractivity contribution in [3.05, 3.63) is 66.2 Å². The van der Waals surface area contributed by atoms with E-state index in [0.717, 1.165) is 37.7 Å². The Balaban J connectivity index is 1.40. The van der Waals surface area contributed by atoms with E-state index in [1.54, 1.807) is 16.7 Å². The highest BCUT2D eigenvalue weighted by Crippen LogP contribution is 2.72. The third-order valence-electron chi connectivity index (χ3n) is 9.43. The van der Waals surface area contributed by atoms with Gasteiger partial charge in [-0.05, 0) is 50.3 Å². The summed E-state index contributed by atoms with van der Waals surface area (Å²) in [5, 5.41) is 17.0. The van der Waals surface area contributed by atoms with Crippen LogP contribution in [-0.2, 0) is 14.4 Å². The molecule has 2 aromatic carbocycles. The van der Waals surface area contributed by atoms with Crippen LogP contribution < -0.4 is 10.6 Å². The Labute approximate surface area is 234 Å². The molecule has 3 N–H and O–H groups in total. The predicted molar refractivity (Wildman–Crippen MR) is 152 cm³/mol. The number of rotatable bonds is 7. The molecule has 2 unspecified atom stereocenters. The van der Waals surface area contributed by atoms with Crippen LogP contribution in [0.25, 0.3) is 0 Å². The van der Waals surface area contributed by atoms with E-state index in [0.29, 0.717) is 12.1 Å². The monoisotopic (exact) mass is 547 g/mol. The normalized spacial score (nSPS) is 32.6. The maximum atomic E-state index is 14.5. The molecule has 8 heteroatoms. The fourth-order valence-corrected chi connectivity index (χ4v) is 10.0. The molecule has 1 saturated carbocycles. The second-order valence-electron chi connectivity index (χ2n) is 11.8. The number of amides is 3. The molecule has 3 amide bonds. The third-order valence-corrected chi connectivity index (χ3v) is 11.4. The molecule has 39 heavy (non-hydrogen) atoms. The number of thioether (sulfide) groups is 1. The van der Waals surface area contributed by atoms with E-state index in [-0.39, 0.29) is 30.4 Å². The second-order valence-corrected chi connectivity index (χ2v) is 13.7. The van der Waals surface area contributed by atoms with Crippen molar-refractivity contribution < 1.29 is 19.5 Å². The van der Waals surface area contributed by atoms with Gasteiger partial charge in [0.25, 0.3) is 0 Å². The van der Waals surface area contributed by atoms with Gasteiger partial charge in [0.15, 0.2) is 0 Å². The van der Waals surface area contributed by atoms with E-state index in [2.05, 4.69) is 17.6 Å². The minimum Gasteiger partial charge on any atom is -0.394 e. The Morgan fingerprint density at radius 2 is 1.67 bits per heavy atom. The summed E-state index contributed by atoms with van der Waals surface area (Å²) in [7, 11) is 0. The van der Waals surface area contributed by atoms with Crippen molar-refractivity contribution in [2.45, 2.75) is 79.5 Å². The molecular weight excluding hydrogens is 510 g/mol. The number of aliphatic hydroxyl groups is 1. The zero-order valence-electron chi connectivity index (χ0n) is 22.3. The molecule has 6 rings (SSSR count). The maximum absolute atomic E-state index is 14.5. The first kappa shape index (κ1) is 26.4. The molecule has 0 radical (unpaired) electrons. The van der Waals surface area contributed by atoms with Crippen LogP contribution in [0.1, 0.15) is 63.5 Å². The summed E-state index contributed by atoms with van der Waals surface area (Å²) in [6, 6.07) is 17.4. The van der Waals surface area contributed by atoms with Crippen LogP contribution in [0, 0.1) is 11.8 Å². The first-order valence-corrected chi connectivity index (χ1v) is 15.0. The summed E-state index contributed by atoms with van der Waals surface area (Å²) >= 11 is 1.66. The molecule has 0 aromatic heterocycles. The minimum absolute atomic E-state index is 0.0966. The highest BCUT2D eigenvalue weighted by atomic mass is 32.2. The van der Waals surface area contributed by atoms with Gasteiger partial charge in [-0.15, -0.1) is 11.8 Å². The lowest BCUT2D eigenvalue weighted by molar-refractivity contribution is -0.142. The van der Waals surface area contributed by atoms with Crippen LogP contribution >= 0.6 is 11.8 Å². The quantitative estimate of drug-likeness (QED) is 0.481. The summed E-state index contributed by atoms with van der Waals surface area (Å²) in [4.78, 5) is 44.2. The van der Waals surface area contributed by atoms with Crippen molar-refractivity contribution in [1.29, 1.82) is 0 Å². The Bertz CT molecular complexity index is 1240. The fraction of sp³-hybridized carbons (Fsp3) is 0.516. The minimum atomic E-state index is -0.754. The van der Waals surface area contributed by atoms with Gasteiger partial charge in [-0.25, -0.2) is 0 Å². The van der Waals surface area contributed by atoms with Crippen molar-refractivity contribution in [3.63, 3.8) is 0 Å². The molecule has 4 aliphatic rings. The maximum Gasteiger partial charge on any atom is 0.244 e. The van der Waals surface area contributed by atoms with E-state index in [9.17, 15) is 19.5 Å². The van der Waals surface area contributed by atoms with Crippen molar-refractivity contribution in [2.75, 3.05) is 11.9 Å². The third kappa shape index (κ3) is 4.36. The number of carbonyl (C=O) groups is 3. The van der Waals surface area contributed by atoms with Crippen LogP contribution in [0.4, 0.5) is 5.69 Å². The average molecular weight is 548 g/mol. The number of nitrogens with zero attached hydrogens (tertiary/aromatic N) is 1. The standard InChI is InChI=1S/C31H37N3O4S/c1-30-17-18-31(39-30)25(24(30)27(36)32-21-13-7-3-8-14-21)29(38)34(23(19-35)20-11-5-2-6-12-20)26(31)28(37)33-22-15-9-4-10-16-22/h2-3,5-8,11-14,22-26,35H,4,9-10,15-19H2,1H3,(H,32,36)(H,33,37)/t23-,24-,25+,26?,30+,31?/m1/s1. The number of nitrogens with one attached hydrogen (secondary N) is 2. The number of hydrogen-bond acceptors (Lipinski definition) is 5. The fourth-order valence-electron chi connectivity index (χ4n) is 7.70. The van der Waals surface area contributed by atoms with E-state index < -0.39 is 33.4 Å². The summed E-state index contributed by atoms with van der Waals surface area (Å²) in [5.41, 5.74) is 1.48. The van der Waals surface area contributed by atoms with Gasteiger partial charge >= 0.3 is 0 Å². The number of anilines is 1. The molecule has 3 aliphatic heterocycles. The first-order chi connectivity index (χ1) is 18.9. The van der Waals surface area contributed by atoms with Crippen LogP contribution in [-0.4, -0.2) is 55.9 Å². The van der Waals surface area contributed by atoms with Crippen molar-refractivity contribution in [3.8, 4) is 0 Å². The zero-order chi connectivity index (χ0) is 27.2. The Morgan fingerprint density at radius 3 is 2.33 bits per heavy atom. The van der Waals surface area contributed by atoms with E-state index in [4.69, 9.17) is 0 Å². The van der Waals surface area contributed by atoms with E-state index in [1.165, 1.54) is 6.42 Å². The van der Waals surface area contributed by atoms with Crippen molar-refractivity contribution in [2.24, 2.45) is 11.8 Å². The van der Waals surface area contributed by atoms with Crippen LogP contribution in [0.15, 0.2) is 60.7 Å². The lowest BCUT2D eigenvalue weighted by atomic mass is 9.66. The number of aliphatic hydroxyl groups excluding tert-OH is 1. The van der Waals surface area contributed by atoms with Gasteiger partial charge in [0, 0.05) is 16.5 Å². The second kappa shape index (κ2) is 10.3. The first-order valence-electron chi connectivity index (χ1n) is 14.2. The molecule has 2 bridgehead atoms. The largest absolute Gasteiger partial charge is 0.394 e. The predicted octanol–water partition coefficient (Wildman–Crippen LogP) is 4.29. The smallest absolute Gasteiger partial charge is 0.244 e. The van der Waals surface area contributed by atoms with E-state index in [1.807, 2.05) is 60.7 Å². The number of para-hydroxylation sites is 1. The van der Waals surface area contributed by atoms with Crippen LogP contribution in [0.2, 0.25) is 0 Å². The van der Waals surface area contributed by atoms with Crippen molar-refractivity contribution >= 4 is 35.2 Å². The number of carbonyl (C=O) groups excluding carboxylic acids is 3. The number of benzene rings is 2. The Morgan fingerprint density at radius 1 is 1.00 bits per heavy atom. The molecule has 3 heterocycles. The number of hydrogen-bond donors (Lipinski definition) is 3. The molecule has 3 saturated heterocycles. The molecule has 7 nitrogen and oxygen atoms in total. The highest BCUT2D eigenvalue weighted by Gasteiger charge is 2.77. The Kier molecular flexibility index (Phi) is 6.96. The van der Waals surface area contributed by atoms with Gasteiger partial charge in [-0.2, -0.15) is 0 Å². The summed E-state index contributed by atoms with van der Waals surface area (Å²) in [6.07, 6.45) is 6.68. The number of likely N-dealkylation sites (tertiary alicyclic amines) is 1. The van der Waals surface area contributed by atoms with Gasteiger partial charge in [-0.1, -0.05) is 67.8 Å². The highest BCUT2D eigenvalue weighted by molar-refractivity contribution is 8.02. The summed E-state index contributed by atoms with van der Waals surface area (Å²) in [6.45, 7) is 1.78. The van der Waals surface area contributed by atoms with Gasteiger partial charge in [0.05, 0.1) is 29.2 Å². The molecule has 1 spiro atoms. The topological polar surface area (TPSA) is 98.7 Å². The SMILES string of the molecule is C[C@@]12CCC3(S1)C(C(=O)NC1CCCCC1)N([C@H](CO)c1ccccc1)C(=O)[C@@H]3[C@@H]2C(=O)Nc1ccccc1. The summed E-state index contributed by atoms with van der Waals surface area (Å²) in [5.74, 6) is -1.73. The molecule has 2 aromatic rings. The molecule has 206 valence electrons. The molecule has 1 aliphatic carbocycles. The van der Waals surface area contributed by atoms with Gasteiger partial charge < -0.3 is 20.6 Å². The molecule has 4 fully saturated rings. The van der Waals surface area contributed by atoms with Gasteiger partial charge in [0.2, 0.25) is 17.7 Å². The van der Waals surface area contributed by atoms with Gasteiger partial charge in [-0.3, -0.25) is 14.4 Å². The molecular formula is C31H37N3O4S. The van der Waals surface area contributed by atoms with Crippen LogP contribution in [0.3, 0.4) is 0 Å². The zero-order valence-corrected chi connectivity index (χ0v) is 23.2. The lowest BCUT2D eigenvalue weighted by Gasteiger charge is -2.38. The Hall–Kier alpha value is -2.84. The lowest BCUT2D eigenvalue weighted by Crippen LogP contribution is -2.56.